The van der Waals surface area contributed by atoms with Crippen molar-refractivity contribution in [1.29, 1.82) is 0 Å². The van der Waals surface area contributed by atoms with Crippen molar-refractivity contribution in [1.82, 2.24) is 20.4 Å². The van der Waals surface area contributed by atoms with Crippen LogP contribution in [0.3, 0.4) is 0 Å². The van der Waals surface area contributed by atoms with Crippen LogP contribution in [0.15, 0.2) is 28.9 Å². The Balaban J connectivity index is 1.43. The van der Waals surface area contributed by atoms with Crippen LogP contribution in [0.5, 0.6) is 0 Å². The van der Waals surface area contributed by atoms with E-state index >= 15 is 0 Å². The molecule has 1 saturated heterocycles. The van der Waals surface area contributed by atoms with Gasteiger partial charge in [0.25, 0.3) is 5.91 Å². The van der Waals surface area contributed by atoms with E-state index in [1.54, 1.807) is 18.3 Å². The Kier molecular flexibility index (Phi) is 6.22. The van der Waals surface area contributed by atoms with Crippen LogP contribution >= 0.6 is 0 Å². The van der Waals surface area contributed by atoms with Crippen LogP contribution in [0.1, 0.15) is 47.5 Å². The first kappa shape index (κ1) is 18.4. The Bertz CT molecular complexity index is 713. The summed E-state index contributed by atoms with van der Waals surface area (Å²) in [4.78, 5) is 18.9. The fourth-order valence-electron chi connectivity index (χ4n) is 3.28. The number of carbonyl (C=O) groups excluding carboxylic acids is 1. The molecule has 3 heterocycles. The molecule has 7 heteroatoms. The predicted octanol–water partition coefficient (Wildman–Crippen LogP) is 2.59. The maximum absolute atomic E-state index is 12.3. The third-order valence-corrected chi connectivity index (χ3v) is 4.84. The Morgan fingerprint density at radius 3 is 2.96 bits per heavy atom. The van der Waals surface area contributed by atoms with Crippen LogP contribution < -0.4 is 10.6 Å². The lowest BCUT2D eigenvalue weighted by Crippen LogP contribution is -2.39. The molecule has 26 heavy (non-hydrogen) atoms. The molecule has 1 unspecified atom stereocenters. The number of aromatic nitrogens is 2. The van der Waals surface area contributed by atoms with E-state index in [0.717, 1.165) is 24.4 Å². The van der Waals surface area contributed by atoms with Gasteiger partial charge in [0.15, 0.2) is 0 Å². The molecule has 0 saturated carbocycles. The minimum absolute atomic E-state index is 0.0744. The van der Waals surface area contributed by atoms with Gasteiger partial charge in [-0.15, -0.1) is 0 Å². The molecule has 2 N–H and O–H groups in total. The molecule has 0 aliphatic carbocycles. The molecule has 0 bridgehead atoms. The summed E-state index contributed by atoms with van der Waals surface area (Å²) in [5.74, 6) is 1.40. The third kappa shape index (κ3) is 5.05. The Hall–Kier alpha value is -2.41. The van der Waals surface area contributed by atoms with E-state index in [2.05, 4.69) is 32.7 Å². The highest BCUT2D eigenvalue weighted by molar-refractivity contribution is 5.94. The van der Waals surface area contributed by atoms with Crippen molar-refractivity contribution in [2.45, 2.75) is 45.2 Å². The Morgan fingerprint density at radius 2 is 2.27 bits per heavy atom. The van der Waals surface area contributed by atoms with E-state index in [0.29, 0.717) is 30.5 Å². The van der Waals surface area contributed by atoms with Crippen molar-refractivity contribution in [3.05, 3.63) is 41.4 Å². The number of nitrogens with one attached hydrogen (secondary N) is 2. The van der Waals surface area contributed by atoms with E-state index in [9.17, 15) is 4.79 Å². The smallest absolute Gasteiger partial charge is 0.252 e. The van der Waals surface area contributed by atoms with Gasteiger partial charge in [0.1, 0.15) is 17.3 Å². The van der Waals surface area contributed by atoms with Crippen molar-refractivity contribution in [2.75, 3.05) is 25.5 Å². The quantitative estimate of drug-likeness (QED) is 0.792. The molecule has 0 aromatic carbocycles. The topological polar surface area (TPSA) is 83.3 Å². The number of anilines is 1. The first-order valence-corrected chi connectivity index (χ1v) is 9.22. The van der Waals surface area contributed by atoms with Crippen molar-refractivity contribution in [2.24, 2.45) is 0 Å². The summed E-state index contributed by atoms with van der Waals surface area (Å²) in [6, 6.07) is 6.04. The number of hydrogen-bond donors (Lipinski definition) is 2. The number of piperidine rings is 1. The van der Waals surface area contributed by atoms with Gasteiger partial charge in [-0.2, -0.15) is 0 Å². The summed E-state index contributed by atoms with van der Waals surface area (Å²) in [6.07, 6.45) is 6.38. The molecule has 2 aromatic rings. The fourth-order valence-corrected chi connectivity index (χ4v) is 3.28. The number of hydrogen-bond acceptors (Lipinski definition) is 6. The molecular formula is C19H27N5O2. The second kappa shape index (κ2) is 8.80. The lowest BCUT2D eigenvalue weighted by atomic mass is 10.0. The molecule has 0 radical (unpaired) electrons. The van der Waals surface area contributed by atoms with E-state index in [4.69, 9.17) is 4.52 Å². The van der Waals surface area contributed by atoms with E-state index in [-0.39, 0.29) is 5.91 Å². The van der Waals surface area contributed by atoms with E-state index < -0.39 is 0 Å². The van der Waals surface area contributed by atoms with Gasteiger partial charge in [0, 0.05) is 24.8 Å². The monoisotopic (exact) mass is 357 g/mol. The van der Waals surface area contributed by atoms with Crippen LogP contribution in [0.25, 0.3) is 0 Å². The summed E-state index contributed by atoms with van der Waals surface area (Å²) in [7, 11) is 2.17. The highest BCUT2D eigenvalue weighted by Gasteiger charge is 2.18. The number of pyridine rings is 1. The summed E-state index contributed by atoms with van der Waals surface area (Å²) in [6.45, 7) is 4.24. The molecule has 140 valence electrons. The lowest BCUT2D eigenvalue weighted by molar-refractivity contribution is 0.0945. The normalized spacial score (nSPS) is 17.8. The summed E-state index contributed by atoms with van der Waals surface area (Å²) >= 11 is 0. The average Bonchev–Trinajstić information content (AvgIpc) is 3.07. The van der Waals surface area contributed by atoms with E-state index in [1.165, 1.54) is 19.3 Å². The second-order valence-corrected chi connectivity index (χ2v) is 6.89. The Morgan fingerprint density at radius 1 is 1.38 bits per heavy atom. The van der Waals surface area contributed by atoms with Crippen LogP contribution in [0, 0.1) is 6.92 Å². The number of amides is 1. The maximum Gasteiger partial charge on any atom is 0.252 e. The molecular weight excluding hydrogens is 330 g/mol. The molecule has 1 atom stereocenters. The zero-order chi connectivity index (χ0) is 18.4. The van der Waals surface area contributed by atoms with Gasteiger partial charge in [0.05, 0.1) is 12.1 Å². The van der Waals surface area contributed by atoms with Gasteiger partial charge in [-0.1, -0.05) is 11.6 Å². The third-order valence-electron chi connectivity index (χ3n) is 4.84. The minimum Gasteiger partial charge on any atom is -0.364 e. The number of carbonyl (C=O) groups is 1. The minimum atomic E-state index is -0.0744. The molecule has 1 amide bonds. The van der Waals surface area contributed by atoms with Crippen LogP contribution in [-0.4, -0.2) is 47.1 Å². The zero-order valence-corrected chi connectivity index (χ0v) is 15.5. The van der Waals surface area contributed by atoms with Crippen LogP contribution in [0.2, 0.25) is 0 Å². The number of aryl methyl sites for hydroxylation is 1. The first-order valence-electron chi connectivity index (χ1n) is 9.22. The van der Waals surface area contributed by atoms with Gasteiger partial charge in [-0.3, -0.25) is 4.79 Å². The molecule has 0 spiro atoms. The van der Waals surface area contributed by atoms with Crippen LogP contribution in [-0.2, 0) is 6.54 Å². The van der Waals surface area contributed by atoms with Crippen molar-refractivity contribution in [3.63, 3.8) is 0 Å². The van der Waals surface area contributed by atoms with Gasteiger partial charge in [-0.05, 0) is 51.9 Å². The highest BCUT2D eigenvalue weighted by Crippen LogP contribution is 2.17. The van der Waals surface area contributed by atoms with Crippen LogP contribution in [0.4, 0.5) is 5.82 Å². The number of rotatable bonds is 7. The maximum atomic E-state index is 12.3. The van der Waals surface area contributed by atoms with Gasteiger partial charge < -0.3 is 20.1 Å². The van der Waals surface area contributed by atoms with Gasteiger partial charge in [-0.25, -0.2) is 4.98 Å². The van der Waals surface area contributed by atoms with Crippen molar-refractivity contribution in [3.8, 4) is 0 Å². The summed E-state index contributed by atoms with van der Waals surface area (Å²) < 4.78 is 5.03. The molecule has 1 fully saturated rings. The number of likely N-dealkylation sites (tertiary alicyclic amines) is 1. The second-order valence-electron chi connectivity index (χ2n) is 6.89. The fraction of sp³-hybridized carbons (Fsp3) is 0.526. The highest BCUT2D eigenvalue weighted by atomic mass is 16.5. The van der Waals surface area contributed by atoms with Gasteiger partial charge in [0.2, 0.25) is 0 Å². The van der Waals surface area contributed by atoms with Crippen molar-refractivity contribution >= 4 is 11.7 Å². The molecule has 7 nitrogen and oxygen atoms in total. The SMILES string of the molecule is Cc1cc(CNc2ccc(C(=O)NCCC3CCCCN3C)cn2)no1. The first-order chi connectivity index (χ1) is 12.6. The standard InChI is InChI=1S/C19H27N5O2/c1-14-11-16(23-26-14)13-22-18-7-6-15(12-21-18)19(25)20-9-8-17-5-3-4-10-24(17)2/h6-7,11-12,17H,3-5,8-10,13H2,1-2H3,(H,20,25)(H,21,22). The average molecular weight is 357 g/mol. The lowest BCUT2D eigenvalue weighted by Gasteiger charge is -2.32. The predicted molar refractivity (Wildman–Crippen MR) is 100 cm³/mol. The van der Waals surface area contributed by atoms with Crippen molar-refractivity contribution < 1.29 is 9.32 Å². The van der Waals surface area contributed by atoms with Gasteiger partial charge >= 0.3 is 0 Å². The summed E-state index contributed by atoms with van der Waals surface area (Å²) in [5.41, 5.74) is 1.39. The molecule has 1 aliphatic rings. The summed E-state index contributed by atoms with van der Waals surface area (Å²) in [5, 5.41) is 10.1. The molecule has 2 aromatic heterocycles. The largest absolute Gasteiger partial charge is 0.364 e. The molecule has 3 rings (SSSR count). The zero-order valence-electron chi connectivity index (χ0n) is 15.5. The Labute approximate surface area is 154 Å². The number of nitrogens with zero attached hydrogens (tertiary/aromatic N) is 3. The molecule has 1 aliphatic heterocycles. The van der Waals surface area contributed by atoms with E-state index in [1.807, 2.05) is 13.0 Å².